The lowest BCUT2D eigenvalue weighted by Crippen LogP contribution is -2.45. The van der Waals surface area contributed by atoms with Crippen molar-refractivity contribution in [3.8, 4) is 0 Å². The van der Waals surface area contributed by atoms with Crippen molar-refractivity contribution < 1.29 is 9.53 Å². The van der Waals surface area contributed by atoms with Crippen LogP contribution in [0.25, 0.3) is 0 Å². The molecule has 0 radical (unpaired) electrons. The molecule has 0 rings (SSSR count). The number of rotatable bonds is 7. The molecule has 0 aromatic heterocycles. The van der Waals surface area contributed by atoms with Crippen LogP contribution in [0.2, 0.25) is 0 Å². The molecule has 0 saturated heterocycles. The molecule has 1 N–H and O–H groups in total. The molecular weight excluding hydrogens is 202 g/mol. The van der Waals surface area contributed by atoms with Gasteiger partial charge in [-0.25, -0.2) is 0 Å². The van der Waals surface area contributed by atoms with E-state index < -0.39 is 0 Å². The van der Waals surface area contributed by atoms with Crippen LogP contribution < -0.4 is 5.32 Å². The van der Waals surface area contributed by atoms with E-state index in [1.807, 2.05) is 0 Å². The van der Waals surface area contributed by atoms with E-state index in [2.05, 4.69) is 39.9 Å². The first-order chi connectivity index (χ1) is 7.42. The third-order valence-electron chi connectivity index (χ3n) is 3.15. The molecule has 3 atom stereocenters. The maximum absolute atomic E-state index is 11.6. The number of hydrogen-bond donors (Lipinski definition) is 1. The van der Waals surface area contributed by atoms with Crippen molar-refractivity contribution in [1.29, 1.82) is 0 Å². The van der Waals surface area contributed by atoms with Crippen molar-refractivity contribution in [2.75, 3.05) is 7.11 Å². The van der Waals surface area contributed by atoms with Gasteiger partial charge in [0.15, 0.2) is 0 Å². The lowest BCUT2D eigenvalue weighted by molar-refractivity contribution is -0.143. The molecule has 16 heavy (non-hydrogen) atoms. The first-order valence-corrected chi connectivity index (χ1v) is 6.26. The van der Waals surface area contributed by atoms with Crippen LogP contribution in [0.1, 0.15) is 47.5 Å². The highest BCUT2D eigenvalue weighted by Crippen LogP contribution is 2.12. The first kappa shape index (κ1) is 15.4. The Hall–Kier alpha value is -0.570. The fourth-order valence-electron chi connectivity index (χ4n) is 1.68. The Morgan fingerprint density at radius 3 is 2.19 bits per heavy atom. The monoisotopic (exact) mass is 229 g/mol. The summed E-state index contributed by atoms with van der Waals surface area (Å²) in [4.78, 5) is 11.6. The van der Waals surface area contributed by atoms with E-state index in [-0.39, 0.29) is 12.0 Å². The van der Waals surface area contributed by atoms with Crippen molar-refractivity contribution in [3.63, 3.8) is 0 Å². The largest absolute Gasteiger partial charge is 0.468 e. The van der Waals surface area contributed by atoms with Gasteiger partial charge in [0.25, 0.3) is 0 Å². The average Bonchev–Trinajstić information content (AvgIpc) is 2.25. The smallest absolute Gasteiger partial charge is 0.322 e. The van der Waals surface area contributed by atoms with E-state index in [0.717, 1.165) is 12.8 Å². The van der Waals surface area contributed by atoms with Crippen molar-refractivity contribution >= 4 is 5.97 Å². The summed E-state index contributed by atoms with van der Waals surface area (Å²) in [6.07, 6.45) is 1.94. The molecule has 0 aliphatic rings. The number of esters is 1. The Balaban J connectivity index is 4.36. The summed E-state index contributed by atoms with van der Waals surface area (Å²) in [5, 5.41) is 3.38. The maximum atomic E-state index is 11.6. The van der Waals surface area contributed by atoms with Gasteiger partial charge in [0.2, 0.25) is 0 Å². The van der Waals surface area contributed by atoms with Crippen molar-refractivity contribution in [2.45, 2.75) is 59.5 Å². The highest BCUT2D eigenvalue weighted by atomic mass is 16.5. The van der Waals surface area contributed by atoms with Crippen LogP contribution >= 0.6 is 0 Å². The minimum atomic E-state index is -0.172. The minimum absolute atomic E-state index is 0.149. The Kier molecular flexibility index (Phi) is 7.39. The topological polar surface area (TPSA) is 38.3 Å². The molecule has 0 amide bonds. The zero-order valence-electron chi connectivity index (χ0n) is 11.5. The summed E-state index contributed by atoms with van der Waals surface area (Å²) in [6, 6.07) is 0.168. The summed E-state index contributed by atoms with van der Waals surface area (Å²) in [5.41, 5.74) is 0. The predicted octanol–water partition coefficient (Wildman–Crippen LogP) is 2.60. The van der Waals surface area contributed by atoms with Crippen molar-refractivity contribution in [1.82, 2.24) is 5.32 Å². The Labute approximate surface area is 99.9 Å². The summed E-state index contributed by atoms with van der Waals surface area (Å²) in [5.74, 6) is 0.906. The Bertz CT molecular complexity index is 204. The van der Waals surface area contributed by atoms with E-state index >= 15 is 0 Å². The minimum Gasteiger partial charge on any atom is -0.468 e. The second-order valence-electron chi connectivity index (χ2n) is 5.05. The van der Waals surface area contributed by atoms with Crippen LogP contribution in [0, 0.1) is 11.8 Å². The van der Waals surface area contributed by atoms with Crippen LogP contribution in [-0.2, 0) is 9.53 Å². The molecule has 0 aromatic carbocycles. The highest BCUT2D eigenvalue weighted by Gasteiger charge is 2.23. The van der Waals surface area contributed by atoms with Gasteiger partial charge in [0.05, 0.1) is 7.11 Å². The van der Waals surface area contributed by atoms with Crippen molar-refractivity contribution in [3.05, 3.63) is 0 Å². The van der Waals surface area contributed by atoms with E-state index in [4.69, 9.17) is 4.74 Å². The molecule has 3 unspecified atom stereocenters. The fourth-order valence-corrected chi connectivity index (χ4v) is 1.68. The molecular formula is C13H27NO2. The zero-order chi connectivity index (χ0) is 12.7. The summed E-state index contributed by atoms with van der Waals surface area (Å²) >= 11 is 0. The second kappa shape index (κ2) is 7.66. The molecule has 96 valence electrons. The number of methoxy groups -OCH3 is 1. The van der Waals surface area contributed by atoms with Crippen molar-refractivity contribution in [2.24, 2.45) is 11.8 Å². The lowest BCUT2D eigenvalue weighted by atomic mass is 9.97. The molecule has 3 nitrogen and oxygen atoms in total. The third kappa shape index (κ3) is 5.50. The molecule has 0 spiro atoms. The Morgan fingerprint density at radius 1 is 1.25 bits per heavy atom. The maximum Gasteiger partial charge on any atom is 0.322 e. The van der Waals surface area contributed by atoms with Crippen LogP contribution in [0.3, 0.4) is 0 Å². The number of hydrogen-bond acceptors (Lipinski definition) is 3. The van der Waals surface area contributed by atoms with E-state index in [9.17, 15) is 4.79 Å². The third-order valence-corrected chi connectivity index (χ3v) is 3.15. The van der Waals surface area contributed by atoms with Gasteiger partial charge in [-0.2, -0.15) is 0 Å². The van der Waals surface area contributed by atoms with Gasteiger partial charge < -0.3 is 10.1 Å². The SMILES string of the molecule is CCC(C)C(C)NC(CC(C)C)C(=O)OC. The van der Waals surface area contributed by atoms with E-state index in [1.165, 1.54) is 7.11 Å². The van der Waals surface area contributed by atoms with Gasteiger partial charge >= 0.3 is 5.97 Å². The van der Waals surface area contributed by atoms with Crippen LogP contribution in [0.15, 0.2) is 0 Å². The predicted molar refractivity (Wildman–Crippen MR) is 67.3 cm³/mol. The molecule has 0 fully saturated rings. The van der Waals surface area contributed by atoms with Gasteiger partial charge in [0, 0.05) is 6.04 Å². The zero-order valence-corrected chi connectivity index (χ0v) is 11.5. The molecule has 0 bridgehead atoms. The van der Waals surface area contributed by atoms with Gasteiger partial charge in [-0.05, 0) is 25.2 Å². The number of ether oxygens (including phenoxy) is 1. The van der Waals surface area contributed by atoms with E-state index in [0.29, 0.717) is 17.9 Å². The quantitative estimate of drug-likeness (QED) is 0.682. The Morgan fingerprint density at radius 2 is 1.81 bits per heavy atom. The molecule has 0 aliphatic heterocycles. The van der Waals surface area contributed by atoms with Crippen LogP contribution in [0.4, 0.5) is 0 Å². The van der Waals surface area contributed by atoms with Crippen LogP contribution in [0.5, 0.6) is 0 Å². The highest BCUT2D eigenvalue weighted by molar-refractivity contribution is 5.75. The standard InChI is InChI=1S/C13H27NO2/c1-7-10(4)11(5)14-12(8-9(2)3)13(15)16-6/h9-12,14H,7-8H2,1-6H3. The lowest BCUT2D eigenvalue weighted by Gasteiger charge is -2.26. The van der Waals surface area contributed by atoms with Gasteiger partial charge in [0.1, 0.15) is 6.04 Å². The summed E-state index contributed by atoms with van der Waals surface area (Å²) in [6.45, 7) is 10.7. The molecule has 0 aliphatic carbocycles. The first-order valence-electron chi connectivity index (χ1n) is 6.26. The second-order valence-corrected chi connectivity index (χ2v) is 5.05. The van der Waals surface area contributed by atoms with Gasteiger partial charge in [-0.1, -0.05) is 34.1 Å². The number of carbonyl (C=O) groups excluding carboxylic acids is 1. The average molecular weight is 229 g/mol. The molecule has 0 heterocycles. The summed E-state index contributed by atoms with van der Waals surface area (Å²) < 4.78 is 4.83. The molecule has 0 saturated carbocycles. The van der Waals surface area contributed by atoms with Crippen LogP contribution in [-0.4, -0.2) is 25.2 Å². The van der Waals surface area contributed by atoms with Gasteiger partial charge in [-0.15, -0.1) is 0 Å². The normalized spacial score (nSPS) is 16.9. The molecule has 3 heteroatoms. The van der Waals surface area contributed by atoms with Gasteiger partial charge in [-0.3, -0.25) is 4.79 Å². The molecule has 0 aromatic rings. The number of nitrogens with one attached hydrogen (secondary N) is 1. The summed E-state index contributed by atoms with van der Waals surface area (Å²) in [7, 11) is 1.45. The fraction of sp³-hybridized carbons (Fsp3) is 0.923. The van der Waals surface area contributed by atoms with E-state index in [1.54, 1.807) is 0 Å². The number of carbonyl (C=O) groups is 1.